The van der Waals surface area contributed by atoms with E-state index in [1.54, 1.807) is 0 Å². The van der Waals surface area contributed by atoms with Gasteiger partial charge in [0.25, 0.3) is 8.53 Å². The summed E-state index contributed by atoms with van der Waals surface area (Å²) in [5.41, 5.74) is 0. The van der Waals surface area contributed by atoms with Gasteiger partial charge in [-0.05, 0) is 12.8 Å². The average molecular weight is 177 g/mol. The summed E-state index contributed by atoms with van der Waals surface area (Å²) in [6.45, 7) is 5.79. The Kier molecular flexibility index (Phi) is 3.73. The third-order valence-electron chi connectivity index (χ3n) is 1.95. The average Bonchev–Trinajstić information content (AvgIpc) is 2.60. The van der Waals surface area contributed by atoms with Crippen molar-refractivity contribution in [1.29, 1.82) is 0 Å². The van der Waals surface area contributed by atoms with Crippen molar-refractivity contribution in [2.45, 2.75) is 32.7 Å². The molecule has 2 fully saturated rings. The Labute approximate surface area is 69.3 Å². The highest BCUT2D eigenvalue weighted by molar-refractivity contribution is 7.43. The molecule has 0 aromatic carbocycles. The lowest BCUT2D eigenvalue weighted by atomic mass is 10.2. The van der Waals surface area contributed by atoms with Crippen molar-refractivity contribution in [1.82, 2.24) is 4.67 Å². The van der Waals surface area contributed by atoms with Crippen LogP contribution in [0.25, 0.3) is 0 Å². The summed E-state index contributed by atoms with van der Waals surface area (Å²) in [5.74, 6) is 0. The fourth-order valence-electron chi connectivity index (χ4n) is 1.44. The van der Waals surface area contributed by atoms with Gasteiger partial charge in [-0.1, -0.05) is 13.8 Å². The molecule has 0 saturated carbocycles. The highest BCUT2D eigenvalue weighted by Crippen LogP contribution is 2.48. The number of rotatable bonds is 0. The van der Waals surface area contributed by atoms with E-state index in [4.69, 9.17) is 9.42 Å². The van der Waals surface area contributed by atoms with E-state index in [0.717, 1.165) is 13.2 Å². The molecule has 4 heteroatoms. The molecule has 0 aromatic rings. The van der Waals surface area contributed by atoms with Crippen LogP contribution >= 0.6 is 8.53 Å². The minimum Gasteiger partial charge on any atom is -0.338 e. The van der Waals surface area contributed by atoms with Crippen molar-refractivity contribution in [2.75, 3.05) is 13.2 Å². The molecule has 0 aliphatic carbocycles. The molecule has 2 aliphatic heterocycles. The second-order valence-electron chi connectivity index (χ2n) is 2.51. The second-order valence-corrected chi connectivity index (χ2v) is 3.79. The lowest BCUT2D eigenvalue weighted by molar-refractivity contribution is 0.326. The van der Waals surface area contributed by atoms with Crippen LogP contribution in [0.5, 0.6) is 0 Å². The minimum absolute atomic E-state index is 0.543. The van der Waals surface area contributed by atoms with Crippen LogP contribution in [-0.4, -0.2) is 28.8 Å². The Morgan fingerprint density at radius 1 is 1.55 bits per heavy atom. The molecular formula is C7H16NO2P. The van der Waals surface area contributed by atoms with E-state index >= 15 is 0 Å². The van der Waals surface area contributed by atoms with Crippen LogP contribution in [0.3, 0.4) is 0 Å². The van der Waals surface area contributed by atoms with Gasteiger partial charge in [0.05, 0.1) is 6.61 Å². The second kappa shape index (κ2) is 4.36. The fourth-order valence-corrected chi connectivity index (χ4v) is 2.67. The molecule has 0 amide bonds. The largest absolute Gasteiger partial charge is 0.338 e. The first-order valence-electron chi connectivity index (χ1n) is 4.26. The Morgan fingerprint density at radius 2 is 2.27 bits per heavy atom. The summed E-state index contributed by atoms with van der Waals surface area (Å²) in [6.07, 6.45) is 2.44. The van der Waals surface area contributed by atoms with Crippen molar-refractivity contribution in [2.24, 2.45) is 0 Å². The molecular weight excluding hydrogens is 161 g/mol. The summed E-state index contributed by atoms with van der Waals surface area (Å²) in [6, 6.07) is 0.543. The van der Waals surface area contributed by atoms with Gasteiger partial charge in [-0.15, -0.1) is 0 Å². The molecule has 11 heavy (non-hydrogen) atoms. The maximum Gasteiger partial charge on any atom is 0.256 e. The lowest BCUT2D eigenvalue weighted by Crippen LogP contribution is -2.19. The van der Waals surface area contributed by atoms with Crippen molar-refractivity contribution in [3.05, 3.63) is 0 Å². The van der Waals surface area contributed by atoms with Gasteiger partial charge in [0, 0.05) is 12.6 Å². The summed E-state index contributed by atoms with van der Waals surface area (Å²) >= 11 is 0. The molecule has 2 aliphatic rings. The van der Waals surface area contributed by atoms with Crippen LogP contribution in [-0.2, 0) is 4.52 Å². The third-order valence-corrected chi connectivity index (χ3v) is 3.29. The van der Waals surface area contributed by atoms with Gasteiger partial charge < -0.3 is 9.42 Å². The van der Waals surface area contributed by atoms with Gasteiger partial charge in [-0.2, -0.15) is 0 Å². The molecule has 3 nitrogen and oxygen atoms in total. The maximum absolute atomic E-state index is 9.17. The van der Waals surface area contributed by atoms with Crippen molar-refractivity contribution in [3.8, 4) is 0 Å². The molecule has 1 N–H and O–H groups in total. The first kappa shape index (κ1) is 9.40. The van der Waals surface area contributed by atoms with Gasteiger partial charge in [0.2, 0.25) is 0 Å². The minimum atomic E-state index is -1.17. The Hall–Kier alpha value is 0.310. The number of hydrogen-bond donors (Lipinski definition) is 1. The number of hydrogen-bond acceptors (Lipinski definition) is 3. The monoisotopic (exact) mass is 177 g/mol. The molecule has 0 aromatic heterocycles. The molecule has 66 valence electrons. The number of nitrogens with zero attached hydrogens (tertiary/aromatic N) is 1. The highest BCUT2D eigenvalue weighted by atomic mass is 31.2. The molecule has 2 saturated heterocycles. The zero-order valence-electron chi connectivity index (χ0n) is 7.16. The van der Waals surface area contributed by atoms with Crippen LogP contribution in [0.1, 0.15) is 26.7 Å². The quantitative estimate of drug-likeness (QED) is 0.572. The lowest BCUT2D eigenvalue weighted by Gasteiger charge is -2.13. The Balaban J connectivity index is 0.000000281. The smallest absolute Gasteiger partial charge is 0.256 e. The predicted molar refractivity (Wildman–Crippen MR) is 46.2 cm³/mol. The van der Waals surface area contributed by atoms with E-state index < -0.39 is 8.53 Å². The van der Waals surface area contributed by atoms with Crippen LogP contribution in [0.2, 0.25) is 0 Å². The normalized spacial score (nSPS) is 36.3. The summed E-state index contributed by atoms with van der Waals surface area (Å²) in [7, 11) is -1.17. The van der Waals surface area contributed by atoms with Crippen LogP contribution in [0, 0.1) is 0 Å². The van der Waals surface area contributed by atoms with Gasteiger partial charge in [-0.3, -0.25) is 0 Å². The van der Waals surface area contributed by atoms with E-state index in [1.807, 2.05) is 13.8 Å². The van der Waals surface area contributed by atoms with Gasteiger partial charge in [-0.25, -0.2) is 4.67 Å². The number of fused-ring (bicyclic) bond motifs is 1. The third kappa shape index (κ3) is 1.91. The summed E-state index contributed by atoms with van der Waals surface area (Å²) < 4.78 is 7.14. The van der Waals surface area contributed by atoms with E-state index in [0.29, 0.717) is 6.04 Å². The topological polar surface area (TPSA) is 32.7 Å². The van der Waals surface area contributed by atoms with Crippen molar-refractivity contribution < 1.29 is 9.42 Å². The molecule has 0 bridgehead atoms. The van der Waals surface area contributed by atoms with E-state index in [1.165, 1.54) is 12.8 Å². The van der Waals surface area contributed by atoms with Gasteiger partial charge in [0.15, 0.2) is 0 Å². The first-order chi connectivity index (χ1) is 5.38. The Morgan fingerprint density at radius 3 is 2.91 bits per heavy atom. The zero-order chi connectivity index (χ0) is 8.27. The molecule has 2 rings (SSSR count). The van der Waals surface area contributed by atoms with Crippen LogP contribution < -0.4 is 0 Å². The standard InChI is InChI=1S/C5H10NO2P.C2H6/c7-9-6-3-1-2-5(6)4-8-9;1-2/h5,7H,1-4H2;1-2H3/t5-,9?;/m1./s1. The summed E-state index contributed by atoms with van der Waals surface area (Å²) in [5, 5.41) is 0. The van der Waals surface area contributed by atoms with Crippen molar-refractivity contribution in [3.63, 3.8) is 0 Å². The van der Waals surface area contributed by atoms with Gasteiger partial charge in [0.1, 0.15) is 0 Å². The molecule has 2 atom stereocenters. The maximum atomic E-state index is 9.17. The van der Waals surface area contributed by atoms with E-state index in [9.17, 15) is 0 Å². The van der Waals surface area contributed by atoms with Crippen LogP contribution in [0.15, 0.2) is 0 Å². The first-order valence-corrected chi connectivity index (χ1v) is 5.43. The van der Waals surface area contributed by atoms with Crippen LogP contribution in [0.4, 0.5) is 0 Å². The van der Waals surface area contributed by atoms with Crippen molar-refractivity contribution >= 4 is 8.53 Å². The van der Waals surface area contributed by atoms with E-state index in [-0.39, 0.29) is 0 Å². The predicted octanol–water partition coefficient (Wildman–Crippen LogP) is 1.73. The molecule has 0 radical (unpaired) electrons. The molecule has 0 spiro atoms. The highest BCUT2D eigenvalue weighted by Gasteiger charge is 2.37. The summed E-state index contributed by atoms with van der Waals surface area (Å²) in [4.78, 5) is 9.17. The SMILES string of the molecule is CC.OP1OC[C@H]2CCCN21. The molecule has 1 unspecified atom stereocenters. The zero-order valence-corrected chi connectivity index (χ0v) is 8.05. The van der Waals surface area contributed by atoms with E-state index in [2.05, 4.69) is 4.67 Å². The van der Waals surface area contributed by atoms with Gasteiger partial charge >= 0.3 is 0 Å². The fraction of sp³-hybridized carbons (Fsp3) is 1.00. The molecule has 2 heterocycles. The Bertz CT molecular complexity index is 123.